The molecule has 4 nitrogen and oxygen atoms in total. The van der Waals surface area contributed by atoms with E-state index in [2.05, 4.69) is 20.0 Å². The number of anilines is 1. The van der Waals surface area contributed by atoms with Gasteiger partial charge < -0.3 is 10.1 Å². The van der Waals surface area contributed by atoms with Crippen LogP contribution < -0.4 is 10.1 Å². The van der Waals surface area contributed by atoms with E-state index in [1.807, 2.05) is 13.8 Å². The van der Waals surface area contributed by atoms with Crippen LogP contribution in [0.4, 0.5) is 19.0 Å². The molecule has 0 spiro atoms. The zero-order valence-electron chi connectivity index (χ0n) is 9.64. The Morgan fingerprint density at radius 3 is 2.53 bits per heavy atom. The Morgan fingerprint density at radius 2 is 2.00 bits per heavy atom. The highest BCUT2D eigenvalue weighted by Gasteiger charge is 2.28. The van der Waals surface area contributed by atoms with Gasteiger partial charge in [0.15, 0.2) is 6.61 Å². The minimum Gasteiger partial charge on any atom is -0.468 e. The van der Waals surface area contributed by atoms with Crippen LogP contribution in [0.3, 0.4) is 0 Å². The van der Waals surface area contributed by atoms with Crippen LogP contribution in [-0.2, 0) is 6.42 Å². The molecule has 0 unspecified atom stereocenters. The summed E-state index contributed by atoms with van der Waals surface area (Å²) in [5.74, 6) is 0.849. The molecule has 1 heterocycles. The van der Waals surface area contributed by atoms with E-state index < -0.39 is 12.8 Å². The first-order valence-electron chi connectivity index (χ1n) is 5.26. The second-order valence-electron chi connectivity index (χ2n) is 3.30. The Labute approximate surface area is 97.2 Å². The molecule has 1 aromatic rings. The molecule has 0 radical (unpaired) electrons. The summed E-state index contributed by atoms with van der Waals surface area (Å²) < 4.78 is 40.5. The third-order valence-corrected chi connectivity index (χ3v) is 1.81. The van der Waals surface area contributed by atoms with Gasteiger partial charge in [0, 0.05) is 19.0 Å². The Bertz CT molecular complexity index is 368. The zero-order valence-corrected chi connectivity index (χ0v) is 9.64. The van der Waals surface area contributed by atoms with Gasteiger partial charge in [-0.25, -0.2) is 4.98 Å². The molecular weight excluding hydrogens is 235 g/mol. The average Bonchev–Trinajstić information content (AvgIpc) is 2.25. The van der Waals surface area contributed by atoms with E-state index in [-0.39, 0.29) is 5.88 Å². The molecule has 96 valence electrons. The van der Waals surface area contributed by atoms with Crippen molar-refractivity contribution >= 4 is 5.82 Å². The SMILES string of the molecule is CCNc1cc(OCC(F)(F)F)nc(CC)n1. The molecule has 0 bridgehead atoms. The van der Waals surface area contributed by atoms with Crippen LogP contribution in [0.15, 0.2) is 6.07 Å². The number of aryl methyl sites for hydroxylation is 1. The molecule has 0 aromatic carbocycles. The quantitative estimate of drug-likeness (QED) is 0.870. The van der Waals surface area contributed by atoms with Crippen molar-refractivity contribution in [3.8, 4) is 5.88 Å². The molecule has 0 fully saturated rings. The molecule has 1 aromatic heterocycles. The van der Waals surface area contributed by atoms with E-state index in [4.69, 9.17) is 0 Å². The number of nitrogens with one attached hydrogen (secondary N) is 1. The van der Waals surface area contributed by atoms with E-state index in [0.717, 1.165) is 0 Å². The first kappa shape index (κ1) is 13.5. The van der Waals surface area contributed by atoms with E-state index in [0.29, 0.717) is 24.6 Å². The van der Waals surface area contributed by atoms with Crippen molar-refractivity contribution in [2.45, 2.75) is 26.4 Å². The number of hydrogen-bond acceptors (Lipinski definition) is 4. The van der Waals surface area contributed by atoms with Gasteiger partial charge in [-0.2, -0.15) is 18.2 Å². The number of alkyl halides is 3. The standard InChI is InChI=1S/C10H14F3N3O/c1-3-7-15-8(14-4-2)5-9(16-7)17-6-10(11,12)13/h5H,3-4,6H2,1-2H3,(H,14,15,16). The van der Waals surface area contributed by atoms with Gasteiger partial charge in [0.2, 0.25) is 5.88 Å². The summed E-state index contributed by atoms with van der Waals surface area (Å²) in [4.78, 5) is 7.97. The normalized spacial score (nSPS) is 11.4. The fourth-order valence-corrected chi connectivity index (χ4v) is 1.13. The summed E-state index contributed by atoms with van der Waals surface area (Å²) in [7, 11) is 0. The maximum atomic E-state index is 12.0. The van der Waals surface area contributed by atoms with Crippen molar-refractivity contribution in [2.24, 2.45) is 0 Å². The first-order valence-corrected chi connectivity index (χ1v) is 5.26. The highest BCUT2D eigenvalue weighted by Crippen LogP contribution is 2.19. The van der Waals surface area contributed by atoms with Gasteiger partial charge in [0.05, 0.1) is 0 Å². The van der Waals surface area contributed by atoms with Gasteiger partial charge in [-0.15, -0.1) is 0 Å². The van der Waals surface area contributed by atoms with Crippen molar-refractivity contribution in [1.82, 2.24) is 9.97 Å². The summed E-state index contributed by atoms with van der Waals surface area (Å²) in [6.45, 7) is 2.96. The monoisotopic (exact) mass is 249 g/mol. The molecule has 1 N–H and O–H groups in total. The van der Waals surface area contributed by atoms with E-state index in [9.17, 15) is 13.2 Å². The summed E-state index contributed by atoms with van der Waals surface area (Å²) in [6, 6.07) is 1.36. The van der Waals surface area contributed by atoms with Crippen molar-refractivity contribution in [1.29, 1.82) is 0 Å². The third-order valence-electron chi connectivity index (χ3n) is 1.81. The molecular formula is C10H14F3N3O. The highest BCUT2D eigenvalue weighted by atomic mass is 19.4. The molecule has 17 heavy (non-hydrogen) atoms. The van der Waals surface area contributed by atoms with E-state index in [1.54, 1.807) is 0 Å². The van der Waals surface area contributed by atoms with Crippen LogP contribution in [0.2, 0.25) is 0 Å². The van der Waals surface area contributed by atoms with Crippen molar-refractivity contribution in [2.75, 3.05) is 18.5 Å². The van der Waals surface area contributed by atoms with Crippen LogP contribution in [0.5, 0.6) is 5.88 Å². The smallest absolute Gasteiger partial charge is 0.422 e. The summed E-state index contributed by atoms with van der Waals surface area (Å²) in [5.41, 5.74) is 0. The molecule has 7 heteroatoms. The fourth-order valence-electron chi connectivity index (χ4n) is 1.13. The maximum Gasteiger partial charge on any atom is 0.422 e. The minimum atomic E-state index is -4.37. The Balaban J connectivity index is 2.79. The molecule has 0 atom stereocenters. The number of hydrogen-bond donors (Lipinski definition) is 1. The molecule has 0 saturated heterocycles. The summed E-state index contributed by atoms with van der Waals surface area (Å²) >= 11 is 0. The number of rotatable bonds is 5. The lowest BCUT2D eigenvalue weighted by Gasteiger charge is -2.10. The van der Waals surface area contributed by atoms with Crippen LogP contribution >= 0.6 is 0 Å². The van der Waals surface area contributed by atoms with Crippen LogP contribution in [0.25, 0.3) is 0 Å². The Hall–Kier alpha value is -1.53. The predicted octanol–water partition coefficient (Wildman–Crippen LogP) is 2.41. The van der Waals surface area contributed by atoms with Gasteiger partial charge in [0.25, 0.3) is 0 Å². The summed E-state index contributed by atoms with van der Waals surface area (Å²) in [6.07, 6.45) is -3.84. The Morgan fingerprint density at radius 1 is 1.29 bits per heavy atom. The number of halogens is 3. The molecule has 1 rings (SSSR count). The van der Waals surface area contributed by atoms with Gasteiger partial charge in [-0.1, -0.05) is 6.92 Å². The van der Waals surface area contributed by atoms with Gasteiger partial charge in [-0.05, 0) is 6.92 Å². The molecule has 0 saturated carbocycles. The summed E-state index contributed by atoms with van der Waals surface area (Å²) in [5, 5.41) is 2.91. The average molecular weight is 249 g/mol. The predicted molar refractivity (Wildman–Crippen MR) is 57.1 cm³/mol. The lowest BCUT2D eigenvalue weighted by atomic mass is 10.4. The molecule has 0 aliphatic carbocycles. The van der Waals surface area contributed by atoms with Crippen LogP contribution in [0, 0.1) is 0 Å². The lowest BCUT2D eigenvalue weighted by Crippen LogP contribution is -2.20. The van der Waals surface area contributed by atoms with Crippen molar-refractivity contribution < 1.29 is 17.9 Å². The Kier molecular flexibility index (Phi) is 4.53. The number of ether oxygens (including phenoxy) is 1. The second-order valence-corrected chi connectivity index (χ2v) is 3.30. The molecule has 0 aliphatic heterocycles. The minimum absolute atomic E-state index is 0.0647. The number of nitrogens with zero attached hydrogens (tertiary/aromatic N) is 2. The van der Waals surface area contributed by atoms with Gasteiger partial charge in [0.1, 0.15) is 11.6 Å². The highest BCUT2D eigenvalue weighted by molar-refractivity contribution is 5.38. The van der Waals surface area contributed by atoms with E-state index in [1.165, 1.54) is 6.07 Å². The van der Waals surface area contributed by atoms with Gasteiger partial charge in [-0.3, -0.25) is 0 Å². The third kappa shape index (κ3) is 4.88. The van der Waals surface area contributed by atoms with Gasteiger partial charge >= 0.3 is 6.18 Å². The van der Waals surface area contributed by atoms with Crippen LogP contribution in [0.1, 0.15) is 19.7 Å². The topological polar surface area (TPSA) is 47.0 Å². The largest absolute Gasteiger partial charge is 0.468 e. The van der Waals surface area contributed by atoms with Crippen molar-refractivity contribution in [3.63, 3.8) is 0 Å². The molecule has 0 aliphatic rings. The maximum absolute atomic E-state index is 12.0. The number of aromatic nitrogens is 2. The molecule has 0 amide bonds. The van der Waals surface area contributed by atoms with Crippen LogP contribution in [-0.4, -0.2) is 29.3 Å². The van der Waals surface area contributed by atoms with Crippen molar-refractivity contribution in [3.05, 3.63) is 11.9 Å². The first-order chi connectivity index (χ1) is 7.94. The second kappa shape index (κ2) is 5.70. The zero-order chi connectivity index (χ0) is 12.9. The van der Waals surface area contributed by atoms with E-state index >= 15 is 0 Å². The lowest BCUT2D eigenvalue weighted by molar-refractivity contribution is -0.154. The fraction of sp³-hybridized carbons (Fsp3) is 0.600.